The zero-order chi connectivity index (χ0) is 14.0. The number of carboxylic acid groups (broad SMARTS) is 1. The van der Waals surface area contributed by atoms with Crippen molar-refractivity contribution in [2.24, 2.45) is 0 Å². The van der Waals surface area contributed by atoms with Crippen molar-refractivity contribution >= 4 is 17.7 Å². The van der Waals surface area contributed by atoms with E-state index in [1.165, 1.54) is 6.07 Å². The maximum Gasteiger partial charge on any atom is 0.354 e. The SMILES string of the molecule is CC(C)N1CCC(Nc2cccc(C(=O)O)n2)C1=O. The average Bonchev–Trinajstić information content (AvgIpc) is 2.71. The first-order valence-electron chi connectivity index (χ1n) is 6.26. The number of hydrogen-bond acceptors (Lipinski definition) is 4. The minimum absolute atomic E-state index is 0.0313. The van der Waals surface area contributed by atoms with Crippen molar-refractivity contribution in [1.82, 2.24) is 9.88 Å². The summed E-state index contributed by atoms with van der Waals surface area (Å²) in [5.74, 6) is -0.619. The minimum Gasteiger partial charge on any atom is -0.477 e. The molecule has 2 N–H and O–H groups in total. The molecule has 1 atom stereocenters. The summed E-state index contributed by atoms with van der Waals surface area (Å²) in [6.45, 7) is 4.67. The molecule has 2 rings (SSSR count). The molecule has 6 heteroatoms. The van der Waals surface area contributed by atoms with Gasteiger partial charge in [-0.15, -0.1) is 0 Å². The van der Waals surface area contributed by atoms with Gasteiger partial charge in [0.15, 0.2) is 5.69 Å². The van der Waals surface area contributed by atoms with Gasteiger partial charge in [-0.05, 0) is 32.4 Å². The van der Waals surface area contributed by atoms with Gasteiger partial charge in [-0.25, -0.2) is 9.78 Å². The third-order valence-electron chi connectivity index (χ3n) is 3.15. The van der Waals surface area contributed by atoms with Gasteiger partial charge in [0.05, 0.1) is 0 Å². The second kappa shape index (κ2) is 5.26. The summed E-state index contributed by atoms with van der Waals surface area (Å²) in [6.07, 6.45) is 0.704. The molecule has 6 nitrogen and oxygen atoms in total. The Balaban J connectivity index is 2.08. The van der Waals surface area contributed by atoms with Crippen LogP contribution in [0.25, 0.3) is 0 Å². The van der Waals surface area contributed by atoms with Crippen LogP contribution >= 0.6 is 0 Å². The Morgan fingerprint density at radius 3 is 2.84 bits per heavy atom. The fourth-order valence-electron chi connectivity index (χ4n) is 2.16. The lowest BCUT2D eigenvalue weighted by atomic mass is 10.2. The summed E-state index contributed by atoms with van der Waals surface area (Å²) < 4.78 is 0. The number of likely N-dealkylation sites (tertiary alicyclic amines) is 1. The fraction of sp³-hybridized carbons (Fsp3) is 0.462. The number of carbonyl (C=O) groups is 2. The largest absolute Gasteiger partial charge is 0.477 e. The van der Waals surface area contributed by atoms with Crippen LogP contribution in [0.4, 0.5) is 5.82 Å². The number of carbonyl (C=O) groups excluding carboxylic acids is 1. The molecule has 0 spiro atoms. The number of aromatic nitrogens is 1. The molecule has 1 aliphatic rings. The first-order valence-corrected chi connectivity index (χ1v) is 6.26. The van der Waals surface area contributed by atoms with E-state index < -0.39 is 5.97 Å². The van der Waals surface area contributed by atoms with Gasteiger partial charge in [0.1, 0.15) is 11.9 Å². The third kappa shape index (κ3) is 2.83. The smallest absolute Gasteiger partial charge is 0.354 e. The summed E-state index contributed by atoms with van der Waals surface area (Å²) >= 11 is 0. The monoisotopic (exact) mass is 263 g/mol. The van der Waals surface area contributed by atoms with Crippen LogP contribution in [0.15, 0.2) is 18.2 Å². The Morgan fingerprint density at radius 1 is 1.53 bits per heavy atom. The number of pyridine rings is 1. The summed E-state index contributed by atoms with van der Waals surface area (Å²) in [5, 5.41) is 11.9. The maximum absolute atomic E-state index is 12.1. The summed E-state index contributed by atoms with van der Waals surface area (Å²) in [5.41, 5.74) is -0.0313. The molecular weight excluding hydrogens is 246 g/mol. The van der Waals surface area contributed by atoms with E-state index in [1.54, 1.807) is 17.0 Å². The lowest BCUT2D eigenvalue weighted by Gasteiger charge is -2.21. The molecule has 2 heterocycles. The summed E-state index contributed by atoms with van der Waals surface area (Å²) in [4.78, 5) is 28.7. The highest BCUT2D eigenvalue weighted by molar-refractivity contribution is 5.88. The summed E-state index contributed by atoms with van der Waals surface area (Å²) in [6, 6.07) is 4.55. The molecule has 0 aromatic carbocycles. The van der Waals surface area contributed by atoms with E-state index in [9.17, 15) is 9.59 Å². The molecule has 1 fully saturated rings. The van der Waals surface area contributed by atoms with Crippen LogP contribution in [0.2, 0.25) is 0 Å². The Bertz CT molecular complexity index is 502. The van der Waals surface area contributed by atoms with Crippen molar-refractivity contribution in [1.29, 1.82) is 0 Å². The quantitative estimate of drug-likeness (QED) is 0.853. The van der Waals surface area contributed by atoms with Crippen molar-refractivity contribution in [3.05, 3.63) is 23.9 Å². The zero-order valence-electron chi connectivity index (χ0n) is 11.0. The van der Waals surface area contributed by atoms with E-state index in [0.29, 0.717) is 18.8 Å². The van der Waals surface area contributed by atoms with Gasteiger partial charge in [0.2, 0.25) is 5.91 Å². The molecule has 1 aliphatic heterocycles. The van der Waals surface area contributed by atoms with Crippen LogP contribution in [-0.4, -0.2) is 45.5 Å². The molecule has 1 aromatic heterocycles. The van der Waals surface area contributed by atoms with Gasteiger partial charge in [-0.2, -0.15) is 0 Å². The van der Waals surface area contributed by atoms with Gasteiger partial charge in [-0.1, -0.05) is 6.07 Å². The Morgan fingerprint density at radius 2 is 2.26 bits per heavy atom. The number of nitrogens with zero attached hydrogens (tertiary/aromatic N) is 2. The Hall–Kier alpha value is -2.11. The number of carboxylic acids is 1. The number of nitrogens with one attached hydrogen (secondary N) is 1. The van der Waals surface area contributed by atoms with Crippen molar-refractivity contribution in [3.63, 3.8) is 0 Å². The second-order valence-corrected chi connectivity index (χ2v) is 4.82. The van der Waals surface area contributed by atoms with Gasteiger partial charge < -0.3 is 15.3 Å². The predicted molar refractivity (Wildman–Crippen MR) is 70.1 cm³/mol. The molecule has 0 saturated carbocycles. The second-order valence-electron chi connectivity index (χ2n) is 4.82. The van der Waals surface area contributed by atoms with Crippen molar-refractivity contribution in [2.45, 2.75) is 32.4 Å². The van der Waals surface area contributed by atoms with Crippen molar-refractivity contribution < 1.29 is 14.7 Å². The van der Waals surface area contributed by atoms with Gasteiger partial charge >= 0.3 is 5.97 Å². The highest BCUT2D eigenvalue weighted by Gasteiger charge is 2.33. The average molecular weight is 263 g/mol. The van der Waals surface area contributed by atoms with E-state index >= 15 is 0 Å². The summed E-state index contributed by atoms with van der Waals surface area (Å²) in [7, 11) is 0. The standard InChI is InChI=1S/C13H17N3O3/c1-8(2)16-7-6-9(12(16)17)14-11-5-3-4-10(15-11)13(18)19/h3-5,8-9H,6-7H2,1-2H3,(H,14,15)(H,18,19). The van der Waals surface area contributed by atoms with Crippen LogP contribution in [0.5, 0.6) is 0 Å². The van der Waals surface area contributed by atoms with E-state index in [0.717, 1.165) is 0 Å². The number of anilines is 1. The normalized spacial score (nSPS) is 19.0. The first kappa shape index (κ1) is 13.3. The molecule has 0 aliphatic carbocycles. The van der Waals surface area contributed by atoms with Gasteiger partial charge in [0, 0.05) is 12.6 Å². The number of rotatable bonds is 4. The Kier molecular flexibility index (Phi) is 3.69. The van der Waals surface area contributed by atoms with Crippen LogP contribution < -0.4 is 5.32 Å². The number of amides is 1. The van der Waals surface area contributed by atoms with E-state index in [-0.39, 0.29) is 23.7 Å². The molecule has 0 radical (unpaired) electrons. The first-order chi connectivity index (χ1) is 8.99. The molecule has 102 valence electrons. The van der Waals surface area contributed by atoms with E-state index in [1.807, 2.05) is 13.8 Å². The topological polar surface area (TPSA) is 82.5 Å². The van der Waals surface area contributed by atoms with Gasteiger partial charge in [0.25, 0.3) is 0 Å². The fourth-order valence-corrected chi connectivity index (χ4v) is 2.16. The van der Waals surface area contributed by atoms with Crippen molar-refractivity contribution in [3.8, 4) is 0 Å². The molecule has 1 amide bonds. The zero-order valence-corrected chi connectivity index (χ0v) is 11.0. The molecule has 1 unspecified atom stereocenters. The van der Waals surface area contributed by atoms with E-state index in [4.69, 9.17) is 5.11 Å². The lowest BCUT2D eigenvalue weighted by Crippen LogP contribution is -2.37. The van der Waals surface area contributed by atoms with Gasteiger partial charge in [-0.3, -0.25) is 4.79 Å². The number of hydrogen-bond donors (Lipinski definition) is 2. The van der Waals surface area contributed by atoms with Crippen LogP contribution in [-0.2, 0) is 4.79 Å². The minimum atomic E-state index is -1.08. The van der Waals surface area contributed by atoms with E-state index in [2.05, 4.69) is 10.3 Å². The maximum atomic E-state index is 12.1. The molecular formula is C13H17N3O3. The predicted octanol–water partition coefficient (Wildman–Crippen LogP) is 1.20. The highest BCUT2D eigenvalue weighted by atomic mass is 16.4. The lowest BCUT2D eigenvalue weighted by molar-refractivity contribution is -0.129. The third-order valence-corrected chi connectivity index (χ3v) is 3.15. The Labute approximate surface area is 111 Å². The van der Waals surface area contributed by atoms with Crippen LogP contribution in [0.1, 0.15) is 30.8 Å². The van der Waals surface area contributed by atoms with Crippen molar-refractivity contribution in [2.75, 3.05) is 11.9 Å². The van der Waals surface area contributed by atoms with Crippen LogP contribution in [0, 0.1) is 0 Å². The van der Waals surface area contributed by atoms with Crippen LogP contribution in [0.3, 0.4) is 0 Å². The molecule has 1 aromatic rings. The highest BCUT2D eigenvalue weighted by Crippen LogP contribution is 2.18. The number of aromatic carboxylic acids is 1. The molecule has 0 bridgehead atoms. The molecule has 1 saturated heterocycles. The molecule has 19 heavy (non-hydrogen) atoms.